The first-order valence-corrected chi connectivity index (χ1v) is 5.57. The van der Waals surface area contributed by atoms with Crippen molar-refractivity contribution < 1.29 is 13.6 Å². The second-order valence-corrected chi connectivity index (χ2v) is 4.00. The number of amides is 1. The highest BCUT2D eigenvalue weighted by atomic mass is 19.1. The van der Waals surface area contributed by atoms with Crippen LogP contribution < -0.4 is 11.1 Å². The first-order valence-electron chi connectivity index (χ1n) is 5.57. The van der Waals surface area contributed by atoms with Gasteiger partial charge in [0.05, 0.1) is 16.8 Å². The summed E-state index contributed by atoms with van der Waals surface area (Å²) in [5.41, 5.74) is 5.93. The summed E-state index contributed by atoms with van der Waals surface area (Å²) in [5.74, 6) is -2.52. The van der Waals surface area contributed by atoms with E-state index >= 15 is 0 Å². The van der Waals surface area contributed by atoms with Crippen molar-refractivity contribution in [3.8, 4) is 6.07 Å². The monoisotopic (exact) mass is 273 g/mol. The number of carbonyl (C=O) groups is 1. The molecule has 0 saturated carbocycles. The van der Waals surface area contributed by atoms with Gasteiger partial charge in [-0.15, -0.1) is 0 Å². The van der Waals surface area contributed by atoms with Crippen molar-refractivity contribution in [1.29, 1.82) is 5.26 Å². The number of nitriles is 1. The molecule has 0 aliphatic heterocycles. The van der Waals surface area contributed by atoms with Crippen LogP contribution in [0, 0.1) is 23.0 Å². The smallest absolute Gasteiger partial charge is 0.258 e. The lowest BCUT2D eigenvalue weighted by Gasteiger charge is -2.08. The molecule has 100 valence electrons. The van der Waals surface area contributed by atoms with Gasteiger partial charge in [0.2, 0.25) is 0 Å². The van der Waals surface area contributed by atoms with Crippen LogP contribution >= 0.6 is 0 Å². The van der Waals surface area contributed by atoms with Crippen molar-refractivity contribution in [1.82, 2.24) is 0 Å². The summed E-state index contributed by atoms with van der Waals surface area (Å²) >= 11 is 0. The zero-order valence-electron chi connectivity index (χ0n) is 10.2. The number of benzene rings is 2. The summed E-state index contributed by atoms with van der Waals surface area (Å²) in [6.45, 7) is 0. The van der Waals surface area contributed by atoms with E-state index in [4.69, 9.17) is 11.0 Å². The van der Waals surface area contributed by atoms with Crippen LogP contribution in [-0.4, -0.2) is 5.91 Å². The Balaban J connectivity index is 2.31. The van der Waals surface area contributed by atoms with E-state index in [0.29, 0.717) is 11.8 Å². The second kappa shape index (κ2) is 5.36. The zero-order chi connectivity index (χ0) is 14.7. The Bertz CT molecular complexity index is 723. The summed E-state index contributed by atoms with van der Waals surface area (Å²) in [6.07, 6.45) is 0. The molecule has 0 fully saturated rings. The molecule has 0 atom stereocenters. The third-order valence-electron chi connectivity index (χ3n) is 2.59. The molecule has 20 heavy (non-hydrogen) atoms. The molecule has 6 heteroatoms. The number of nitrogen functional groups attached to an aromatic ring is 1. The van der Waals surface area contributed by atoms with Crippen molar-refractivity contribution in [2.45, 2.75) is 0 Å². The normalized spacial score (nSPS) is 9.85. The van der Waals surface area contributed by atoms with E-state index < -0.39 is 17.5 Å². The fraction of sp³-hybridized carbons (Fsp3) is 0. The van der Waals surface area contributed by atoms with E-state index in [1.165, 1.54) is 18.2 Å². The molecule has 0 unspecified atom stereocenters. The fourth-order valence-corrected chi connectivity index (χ4v) is 1.63. The average Bonchev–Trinajstić information content (AvgIpc) is 2.40. The van der Waals surface area contributed by atoms with E-state index in [1.54, 1.807) is 0 Å². The third kappa shape index (κ3) is 2.72. The molecule has 0 saturated heterocycles. The van der Waals surface area contributed by atoms with Crippen molar-refractivity contribution in [2.75, 3.05) is 11.1 Å². The number of rotatable bonds is 2. The molecule has 0 aliphatic rings. The lowest BCUT2D eigenvalue weighted by Crippen LogP contribution is -2.14. The molecule has 4 nitrogen and oxygen atoms in total. The Morgan fingerprint density at radius 3 is 2.60 bits per heavy atom. The largest absolute Gasteiger partial charge is 0.399 e. The quantitative estimate of drug-likeness (QED) is 0.825. The van der Waals surface area contributed by atoms with Gasteiger partial charge in [0.25, 0.3) is 5.91 Å². The Hall–Kier alpha value is -2.94. The summed E-state index contributed by atoms with van der Waals surface area (Å²) in [4.78, 5) is 11.9. The predicted molar refractivity (Wildman–Crippen MR) is 69.9 cm³/mol. The first kappa shape index (κ1) is 13.5. The van der Waals surface area contributed by atoms with Gasteiger partial charge in [0.1, 0.15) is 17.7 Å². The number of anilines is 2. The van der Waals surface area contributed by atoms with E-state index in [0.717, 1.165) is 12.1 Å². The van der Waals surface area contributed by atoms with Gasteiger partial charge in [-0.2, -0.15) is 5.26 Å². The lowest BCUT2D eigenvalue weighted by atomic mass is 10.1. The van der Waals surface area contributed by atoms with E-state index in [-0.39, 0.29) is 16.8 Å². The number of nitrogens with two attached hydrogens (primary N) is 1. The van der Waals surface area contributed by atoms with Crippen LogP contribution in [0.3, 0.4) is 0 Å². The second-order valence-electron chi connectivity index (χ2n) is 4.00. The van der Waals surface area contributed by atoms with Crippen LogP contribution in [-0.2, 0) is 0 Å². The van der Waals surface area contributed by atoms with Gasteiger partial charge >= 0.3 is 0 Å². The highest BCUT2D eigenvalue weighted by Crippen LogP contribution is 2.19. The van der Waals surface area contributed by atoms with Crippen LogP contribution in [0.4, 0.5) is 20.2 Å². The molecule has 0 bridgehead atoms. The Kier molecular flexibility index (Phi) is 3.62. The molecule has 0 aromatic heterocycles. The number of carbonyl (C=O) groups excluding carboxylic acids is 1. The van der Waals surface area contributed by atoms with Gasteiger partial charge in [-0.05, 0) is 30.3 Å². The number of nitrogens with one attached hydrogen (secondary N) is 1. The number of nitrogens with zero attached hydrogens (tertiary/aromatic N) is 1. The molecule has 2 rings (SSSR count). The molecule has 1 amide bonds. The van der Waals surface area contributed by atoms with Gasteiger partial charge in [-0.25, -0.2) is 8.78 Å². The molecule has 0 heterocycles. The highest BCUT2D eigenvalue weighted by Gasteiger charge is 2.14. The van der Waals surface area contributed by atoms with Gasteiger partial charge in [0, 0.05) is 11.8 Å². The minimum Gasteiger partial charge on any atom is -0.399 e. The van der Waals surface area contributed by atoms with Crippen molar-refractivity contribution in [3.63, 3.8) is 0 Å². The minimum absolute atomic E-state index is 0.154. The van der Waals surface area contributed by atoms with Gasteiger partial charge < -0.3 is 11.1 Å². The lowest BCUT2D eigenvalue weighted by molar-refractivity contribution is 0.102. The number of hydrogen-bond donors (Lipinski definition) is 2. The van der Waals surface area contributed by atoms with Gasteiger partial charge in [-0.3, -0.25) is 4.79 Å². The highest BCUT2D eigenvalue weighted by molar-refractivity contribution is 6.05. The third-order valence-corrected chi connectivity index (χ3v) is 2.59. The maximum atomic E-state index is 13.5. The molecule has 3 N–H and O–H groups in total. The molecule has 0 radical (unpaired) electrons. The Labute approximate surface area is 113 Å². The maximum absolute atomic E-state index is 13.5. The van der Waals surface area contributed by atoms with Crippen LogP contribution in [0.15, 0.2) is 36.4 Å². The molecule has 0 aliphatic carbocycles. The van der Waals surface area contributed by atoms with E-state index in [1.807, 2.05) is 6.07 Å². The van der Waals surface area contributed by atoms with Gasteiger partial charge in [-0.1, -0.05) is 0 Å². The Morgan fingerprint density at radius 1 is 1.20 bits per heavy atom. The van der Waals surface area contributed by atoms with Gasteiger partial charge in [0.15, 0.2) is 0 Å². The first-order chi connectivity index (χ1) is 9.51. The topological polar surface area (TPSA) is 78.9 Å². The van der Waals surface area contributed by atoms with Crippen molar-refractivity contribution >= 4 is 17.3 Å². The van der Waals surface area contributed by atoms with E-state index in [9.17, 15) is 13.6 Å². The van der Waals surface area contributed by atoms with Crippen LogP contribution in [0.25, 0.3) is 0 Å². The average molecular weight is 273 g/mol. The maximum Gasteiger partial charge on any atom is 0.258 e. The summed E-state index contributed by atoms with van der Waals surface area (Å²) < 4.78 is 26.2. The molecular weight excluding hydrogens is 264 g/mol. The number of halogens is 2. The summed E-state index contributed by atoms with van der Waals surface area (Å²) in [6, 6.07) is 8.81. The molecule has 2 aromatic rings. The standard InChI is InChI=1S/C14H9F2N3O/c15-9-1-3-11(12(16)6-9)14(20)19-13-4-2-10(18)5-8(13)7-17/h1-6H,18H2,(H,19,20). The minimum atomic E-state index is -0.976. The summed E-state index contributed by atoms with van der Waals surface area (Å²) in [5, 5.41) is 11.3. The fourth-order valence-electron chi connectivity index (χ4n) is 1.63. The van der Waals surface area contributed by atoms with Crippen LogP contribution in [0.5, 0.6) is 0 Å². The van der Waals surface area contributed by atoms with E-state index in [2.05, 4.69) is 5.32 Å². The van der Waals surface area contributed by atoms with Crippen molar-refractivity contribution in [3.05, 3.63) is 59.2 Å². The zero-order valence-corrected chi connectivity index (χ0v) is 10.2. The van der Waals surface area contributed by atoms with Crippen LogP contribution in [0.2, 0.25) is 0 Å². The van der Waals surface area contributed by atoms with Crippen LogP contribution in [0.1, 0.15) is 15.9 Å². The predicted octanol–water partition coefficient (Wildman–Crippen LogP) is 2.67. The number of hydrogen-bond acceptors (Lipinski definition) is 3. The summed E-state index contributed by atoms with van der Waals surface area (Å²) in [7, 11) is 0. The Morgan fingerprint density at radius 2 is 1.95 bits per heavy atom. The SMILES string of the molecule is N#Cc1cc(N)ccc1NC(=O)c1ccc(F)cc1F. The molecule has 0 spiro atoms. The molecule has 2 aromatic carbocycles. The van der Waals surface area contributed by atoms with Crippen molar-refractivity contribution in [2.24, 2.45) is 0 Å². The molecular formula is C14H9F2N3O.